The van der Waals surface area contributed by atoms with Gasteiger partial charge >= 0.3 is 0 Å². The average Bonchev–Trinajstić information content (AvgIpc) is 2.96. The van der Waals surface area contributed by atoms with Crippen LogP contribution < -0.4 is 10.1 Å². The van der Waals surface area contributed by atoms with Gasteiger partial charge in [-0.2, -0.15) is 0 Å². The Balaban J connectivity index is 2.31. The number of ether oxygens (including phenoxy) is 1. The average molecular weight is 251 g/mol. The highest BCUT2D eigenvalue weighted by atomic mass is 19.1. The molecule has 0 saturated heterocycles. The van der Waals surface area contributed by atoms with E-state index in [1.807, 2.05) is 12.1 Å². The van der Waals surface area contributed by atoms with Crippen molar-refractivity contribution in [1.82, 2.24) is 5.32 Å². The number of hydrogen-bond donors (Lipinski definition) is 1. The Morgan fingerprint density at radius 3 is 2.67 bits per heavy atom. The van der Waals surface area contributed by atoms with Crippen LogP contribution in [0.5, 0.6) is 5.75 Å². The molecule has 100 valence electrons. The molecule has 0 aliphatic heterocycles. The van der Waals surface area contributed by atoms with E-state index in [0.29, 0.717) is 17.1 Å². The van der Waals surface area contributed by atoms with E-state index in [1.165, 1.54) is 7.11 Å². The topological polar surface area (TPSA) is 21.3 Å². The normalized spacial score (nSPS) is 22.6. The maximum atomic E-state index is 14.3. The summed E-state index contributed by atoms with van der Waals surface area (Å²) in [4.78, 5) is 0. The molecule has 1 N–H and O–H groups in total. The van der Waals surface area contributed by atoms with Gasteiger partial charge in [0.2, 0.25) is 0 Å². The molecule has 1 aliphatic carbocycles. The predicted octanol–water partition coefficient (Wildman–Crippen LogP) is 3.53. The van der Waals surface area contributed by atoms with Crippen molar-refractivity contribution in [2.75, 3.05) is 13.7 Å². The Bertz CT molecular complexity index is 431. The minimum atomic E-state index is -0.228. The highest BCUT2D eigenvalue weighted by molar-refractivity contribution is 5.34. The largest absolute Gasteiger partial charge is 0.494 e. The second-order valence-electron chi connectivity index (χ2n) is 5.70. The third-order valence-corrected chi connectivity index (χ3v) is 3.96. The number of hydrogen-bond acceptors (Lipinski definition) is 2. The van der Waals surface area contributed by atoms with Gasteiger partial charge in [0, 0.05) is 11.6 Å². The van der Waals surface area contributed by atoms with Gasteiger partial charge in [-0.3, -0.25) is 0 Å². The van der Waals surface area contributed by atoms with Gasteiger partial charge < -0.3 is 10.1 Å². The lowest BCUT2D eigenvalue weighted by Gasteiger charge is -2.21. The van der Waals surface area contributed by atoms with Crippen LogP contribution in [0.1, 0.15) is 38.8 Å². The lowest BCUT2D eigenvalue weighted by molar-refractivity contribution is 0.368. The fourth-order valence-corrected chi connectivity index (χ4v) is 2.69. The van der Waals surface area contributed by atoms with E-state index < -0.39 is 0 Å². The van der Waals surface area contributed by atoms with Crippen LogP contribution >= 0.6 is 0 Å². The van der Waals surface area contributed by atoms with Crippen LogP contribution in [-0.2, 0) is 0 Å². The molecule has 2 atom stereocenters. The van der Waals surface area contributed by atoms with Crippen molar-refractivity contribution < 1.29 is 9.13 Å². The highest BCUT2D eigenvalue weighted by Gasteiger charge is 2.50. The van der Waals surface area contributed by atoms with Crippen LogP contribution in [0.2, 0.25) is 0 Å². The molecule has 2 nitrogen and oxygen atoms in total. The zero-order valence-corrected chi connectivity index (χ0v) is 11.6. The molecule has 1 aliphatic rings. The molecule has 1 aromatic carbocycles. The predicted molar refractivity (Wildman–Crippen MR) is 71.3 cm³/mol. The van der Waals surface area contributed by atoms with E-state index in [4.69, 9.17) is 4.74 Å². The Morgan fingerprint density at radius 1 is 1.50 bits per heavy atom. The molecule has 0 bridgehead atoms. The maximum absolute atomic E-state index is 14.3. The molecule has 0 heterocycles. The highest BCUT2D eigenvalue weighted by Crippen LogP contribution is 2.58. The Kier molecular flexibility index (Phi) is 3.62. The van der Waals surface area contributed by atoms with Gasteiger partial charge in [-0.15, -0.1) is 0 Å². The minimum Gasteiger partial charge on any atom is -0.494 e. The van der Waals surface area contributed by atoms with Crippen LogP contribution in [-0.4, -0.2) is 13.7 Å². The number of rotatable bonds is 5. The van der Waals surface area contributed by atoms with Crippen LogP contribution in [0, 0.1) is 17.2 Å². The molecule has 1 saturated carbocycles. The second-order valence-corrected chi connectivity index (χ2v) is 5.70. The molecule has 0 spiro atoms. The molecular weight excluding hydrogens is 229 g/mol. The van der Waals surface area contributed by atoms with Crippen molar-refractivity contribution in [2.24, 2.45) is 11.3 Å². The molecule has 0 radical (unpaired) electrons. The molecular formula is C15H22FNO. The molecule has 1 aromatic rings. The number of benzene rings is 1. The zero-order chi connectivity index (χ0) is 13.3. The Labute approximate surface area is 109 Å². The first-order valence-electron chi connectivity index (χ1n) is 6.57. The van der Waals surface area contributed by atoms with E-state index in [1.54, 1.807) is 6.07 Å². The minimum absolute atomic E-state index is 0.0834. The summed E-state index contributed by atoms with van der Waals surface area (Å²) in [5.74, 6) is 0.599. The second kappa shape index (κ2) is 4.88. The summed E-state index contributed by atoms with van der Waals surface area (Å²) >= 11 is 0. The molecule has 3 heteroatoms. The number of methoxy groups -OCH3 is 1. The first-order valence-corrected chi connectivity index (χ1v) is 6.57. The summed E-state index contributed by atoms with van der Waals surface area (Å²) in [6.45, 7) is 7.37. The third kappa shape index (κ3) is 2.37. The van der Waals surface area contributed by atoms with Crippen molar-refractivity contribution >= 4 is 0 Å². The molecule has 2 rings (SSSR count). The lowest BCUT2D eigenvalue weighted by Crippen LogP contribution is -2.25. The molecule has 2 unspecified atom stereocenters. The van der Waals surface area contributed by atoms with Gasteiger partial charge in [0.1, 0.15) is 0 Å². The summed E-state index contributed by atoms with van der Waals surface area (Å²) in [5.41, 5.74) is 1.04. The SMILES string of the molecule is CCNC(c1cccc(OC)c1F)C1CC1(C)C. The van der Waals surface area contributed by atoms with Crippen molar-refractivity contribution in [3.8, 4) is 5.75 Å². The molecule has 0 amide bonds. The Morgan fingerprint density at radius 2 is 2.17 bits per heavy atom. The van der Waals surface area contributed by atoms with Gasteiger partial charge in [-0.25, -0.2) is 4.39 Å². The summed E-state index contributed by atoms with van der Waals surface area (Å²) in [5, 5.41) is 3.41. The van der Waals surface area contributed by atoms with E-state index in [9.17, 15) is 4.39 Å². The quantitative estimate of drug-likeness (QED) is 0.864. The third-order valence-electron chi connectivity index (χ3n) is 3.96. The fraction of sp³-hybridized carbons (Fsp3) is 0.600. The van der Waals surface area contributed by atoms with Gasteiger partial charge in [-0.05, 0) is 30.4 Å². The van der Waals surface area contributed by atoms with Gasteiger partial charge in [-0.1, -0.05) is 32.9 Å². The number of nitrogens with one attached hydrogen (secondary N) is 1. The van der Waals surface area contributed by atoms with Crippen LogP contribution in [0.25, 0.3) is 0 Å². The lowest BCUT2D eigenvalue weighted by atomic mass is 9.96. The molecule has 1 fully saturated rings. The summed E-state index contributed by atoms with van der Waals surface area (Å²) < 4.78 is 19.4. The van der Waals surface area contributed by atoms with Crippen molar-refractivity contribution in [1.29, 1.82) is 0 Å². The van der Waals surface area contributed by atoms with Crippen LogP contribution in [0.15, 0.2) is 18.2 Å². The van der Waals surface area contributed by atoms with Crippen LogP contribution in [0.3, 0.4) is 0 Å². The number of halogens is 1. The van der Waals surface area contributed by atoms with Gasteiger partial charge in [0.25, 0.3) is 0 Å². The zero-order valence-electron chi connectivity index (χ0n) is 11.6. The Hall–Kier alpha value is -1.09. The fourth-order valence-electron chi connectivity index (χ4n) is 2.69. The monoisotopic (exact) mass is 251 g/mol. The first-order chi connectivity index (χ1) is 8.51. The van der Waals surface area contributed by atoms with Gasteiger partial charge in [0.15, 0.2) is 11.6 Å². The summed E-state index contributed by atoms with van der Waals surface area (Å²) in [7, 11) is 1.51. The van der Waals surface area contributed by atoms with E-state index in [-0.39, 0.29) is 11.9 Å². The smallest absolute Gasteiger partial charge is 0.169 e. The van der Waals surface area contributed by atoms with E-state index >= 15 is 0 Å². The maximum Gasteiger partial charge on any atom is 0.169 e. The first kappa shape index (κ1) is 13.3. The van der Waals surface area contributed by atoms with Crippen molar-refractivity contribution in [2.45, 2.75) is 33.2 Å². The van der Waals surface area contributed by atoms with Crippen molar-refractivity contribution in [3.05, 3.63) is 29.6 Å². The van der Waals surface area contributed by atoms with Gasteiger partial charge in [0.05, 0.1) is 7.11 Å². The standard InChI is InChI=1S/C15H22FNO/c1-5-17-14(11-9-15(11,2)3)10-7-6-8-12(18-4)13(10)16/h6-8,11,14,17H,5,9H2,1-4H3. The van der Waals surface area contributed by atoms with E-state index in [2.05, 4.69) is 26.1 Å². The van der Waals surface area contributed by atoms with Crippen LogP contribution in [0.4, 0.5) is 4.39 Å². The molecule has 18 heavy (non-hydrogen) atoms. The summed E-state index contributed by atoms with van der Waals surface area (Å²) in [6, 6.07) is 5.47. The molecule has 0 aromatic heterocycles. The van der Waals surface area contributed by atoms with E-state index in [0.717, 1.165) is 18.5 Å². The summed E-state index contributed by atoms with van der Waals surface area (Å²) in [6.07, 6.45) is 1.14. The van der Waals surface area contributed by atoms with Crippen molar-refractivity contribution in [3.63, 3.8) is 0 Å².